The van der Waals surface area contributed by atoms with E-state index in [1.165, 1.54) is 54.3 Å². The fourth-order valence-electron chi connectivity index (χ4n) is 2.75. The first-order chi connectivity index (χ1) is 13.3. The van der Waals surface area contributed by atoms with Crippen molar-refractivity contribution in [3.63, 3.8) is 0 Å². The van der Waals surface area contributed by atoms with Gasteiger partial charge in [0, 0.05) is 5.69 Å². The van der Waals surface area contributed by atoms with Crippen LogP contribution in [0.3, 0.4) is 0 Å². The van der Waals surface area contributed by atoms with E-state index in [1.807, 2.05) is 0 Å². The molecule has 3 N–H and O–H groups in total. The number of anilines is 2. The van der Waals surface area contributed by atoms with Crippen molar-refractivity contribution in [3.8, 4) is 5.75 Å². The summed E-state index contributed by atoms with van der Waals surface area (Å²) in [6, 6.07) is 9.62. The quantitative estimate of drug-likeness (QED) is 0.716. The highest BCUT2D eigenvalue weighted by molar-refractivity contribution is 6.06. The van der Waals surface area contributed by atoms with Gasteiger partial charge in [-0.15, -0.1) is 0 Å². The average Bonchev–Trinajstić information content (AvgIpc) is 2.65. The Balaban J connectivity index is 1.79. The topological polar surface area (TPSA) is 133 Å². The second-order valence-electron chi connectivity index (χ2n) is 6.10. The fraction of sp³-hybridized carbons (Fsp3) is 0.158. The fourth-order valence-corrected chi connectivity index (χ4v) is 2.75. The molecule has 144 valence electrons. The maximum atomic E-state index is 12.5. The molecule has 2 aromatic rings. The van der Waals surface area contributed by atoms with Crippen molar-refractivity contribution in [2.24, 2.45) is 0 Å². The van der Waals surface area contributed by atoms with Gasteiger partial charge in [-0.2, -0.15) is 0 Å². The van der Waals surface area contributed by atoms with E-state index in [4.69, 9.17) is 14.9 Å². The highest BCUT2D eigenvalue weighted by Crippen LogP contribution is 2.34. The lowest BCUT2D eigenvalue weighted by molar-refractivity contribution is -0.127. The number of amides is 2. The largest absolute Gasteiger partial charge is 0.479 e. The molecule has 1 atom stereocenters. The van der Waals surface area contributed by atoms with Gasteiger partial charge in [-0.3, -0.25) is 14.5 Å². The van der Waals surface area contributed by atoms with E-state index >= 15 is 0 Å². The number of carbonyl (C=O) groups is 4. The molecule has 0 fully saturated rings. The Bertz CT molecular complexity index is 969. The molecule has 0 saturated heterocycles. The summed E-state index contributed by atoms with van der Waals surface area (Å²) in [5.41, 5.74) is 0.760. The number of carboxylic acids is 2. The normalized spacial score (nSPS) is 15.4. The molecule has 1 aliphatic heterocycles. The van der Waals surface area contributed by atoms with Crippen molar-refractivity contribution in [1.82, 2.24) is 0 Å². The highest BCUT2D eigenvalue weighted by Gasteiger charge is 2.33. The van der Waals surface area contributed by atoms with E-state index in [-0.39, 0.29) is 23.4 Å². The van der Waals surface area contributed by atoms with Crippen LogP contribution in [0.5, 0.6) is 5.75 Å². The second-order valence-corrected chi connectivity index (χ2v) is 6.10. The van der Waals surface area contributed by atoms with Crippen LogP contribution >= 0.6 is 0 Å². The van der Waals surface area contributed by atoms with Crippen molar-refractivity contribution < 1.29 is 34.1 Å². The number of carbonyl (C=O) groups excluding carboxylic acids is 2. The molecule has 0 saturated carbocycles. The van der Waals surface area contributed by atoms with Gasteiger partial charge in [-0.1, -0.05) is 0 Å². The van der Waals surface area contributed by atoms with E-state index in [0.29, 0.717) is 11.4 Å². The number of nitrogens with zero attached hydrogens (tertiary/aromatic N) is 1. The Morgan fingerprint density at radius 2 is 1.64 bits per heavy atom. The molecule has 28 heavy (non-hydrogen) atoms. The molecule has 2 aromatic carbocycles. The van der Waals surface area contributed by atoms with Crippen LogP contribution in [0.15, 0.2) is 42.5 Å². The molecular formula is C19H16N2O7. The van der Waals surface area contributed by atoms with Crippen molar-refractivity contribution >= 4 is 35.1 Å². The minimum Gasteiger partial charge on any atom is -0.479 e. The molecule has 3 rings (SSSR count). The third-order valence-corrected chi connectivity index (χ3v) is 4.13. The molecular weight excluding hydrogens is 368 g/mol. The summed E-state index contributed by atoms with van der Waals surface area (Å²) < 4.78 is 5.46. The van der Waals surface area contributed by atoms with Gasteiger partial charge in [-0.25, -0.2) is 9.59 Å². The predicted molar refractivity (Wildman–Crippen MR) is 97.9 cm³/mol. The third kappa shape index (κ3) is 3.78. The van der Waals surface area contributed by atoms with Crippen molar-refractivity contribution in [3.05, 3.63) is 53.6 Å². The summed E-state index contributed by atoms with van der Waals surface area (Å²) in [6.07, 6.45) is -0.876. The van der Waals surface area contributed by atoms with Crippen LogP contribution in [-0.2, 0) is 9.59 Å². The molecule has 2 amide bonds. The molecule has 0 aliphatic carbocycles. The number of nitrogens with one attached hydrogen (secondary N) is 1. The molecule has 0 aromatic heterocycles. The molecule has 0 radical (unpaired) electrons. The van der Waals surface area contributed by atoms with Crippen molar-refractivity contribution in [2.45, 2.75) is 13.0 Å². The number of hydrogen-bond donors (Lipinski definition) is 3. The van der Waals surface area contributed by atoms with Crippen LogP contribution in [0.2, 0.25) is 0 Å². The van der Waals surface area contributed by atoms with Crippen molar-refractivity contribution in [2.75, 3.05) is 16.8 Å². The zero-order valence-corrected chi connectivity index (χ0v) is 14.7. The summed E-state index contributed by atoms with van der Waals surface area (Å²) in [5, 5.41) is 20.6. The number of ether oxygens (including phenoxy) is 1. The van der Waals surface area contributed by atoms with Crippen LogP contribution in [0.25, 0.3) is 0 Å². The maximum absolute atomic E-state index is 12.5. The summed E-state index contributed by atoms with van der Waals surface area (Å²) in [4.78, 5) is 48.0. The lowest BCUT2D eigenvalue weighted by atomic mass is 10.1. The number of fused-ring (bicyclic) bond motifs is 1. The maximum Gasteiger partial charge on any atom is 0.335 e. The van der Waals surface area contributed by atoms with Gasteiger partial charge >= 0.3 is 11.9 Å². The molecule has 0 bridgehead atoms. The number of rotatable bonds is 5. The third-order valence-electron chi connectivity index (χ3n) is 4.13. The van der Waals surface area contributed by atoms with Gasteiger partial charge < -0.3 is 20.3 Å². The summed E-state index contributed by atoms with van der Waals surface area (Å²) >= 11 is 0. The Morgan fingerprint density at radius 3 is 2.25 bits per heavy atom. The van der Waals surface area contributed by atoms with E-state index in [0.717, 1.165) is 0 Å². The average molecular weight is 384 g/mol. The van der Waals surface area contributed by atoms with Crippen LogP contribution < -0.4 is 15.0 Å². The van der Waals surface area contributed by atoms with Crippen LogP contribution in [-0.4, -0.2) is 46.6 Å². The summed E-state index contributed by atoms with van der Waals surface area (Å²) in [6.45, 7) is 1.20. The lowest BCUT2D eigenvalue weighted by Gasteiger charge is -2.32. The predicted octanol–water partition coefficient (Wildman–Crippen LogP) is 1.84. The van der Waals surface area contributed by atoms with Gasteiger partial charge in [-0.05, 0) is 49.4 Å². The zero-order chi connectivity index (χ0) is 20.4. The summed E-state index contributed by atoms with van der Waals surface area (Å²) in [5.74, 6) is -2.95. The first-order valence-corrected chi connectivity index (χ1v) is 8.25. The van der Waals surface area contributed by atoms with Crippen molar-refractivity contribution in [1.29, 1.82) is 0 Å². The minimum absolute atomic E-state index is 0.00298. The molecule has 1 unspecified atom stereocenters. The van der Waals surface area contributed by atoms with E-state index in [2.05, 4.69) is 5.32 Å². The second kappa shape index (κ2) is 7.39. The molecule has 9 heteroatoms. The lowest BCUT2D eigenvalue weighted by Crippen LogP contribution is -2.47. The van der Waals surface area contributed by atoms with E-state index in [1.54, 1.807) is 0 Å². The first-order valence-electron chi connectivity index (χ1n) is 8.25. The Kier molecular flexibility index (Phi) is 4.99. The van der Waals surface area contributed by atoms with E-state index < -0.39 is 29.9 Å². The van der Waals surface area contributed by atoms with Gasteiger partial charge in [0.15, 0.2) is 6.10 Å². The molecule has 0 spiro atoms. The first kappa shape index (κ1) is 18.9. The SMILES string of the molecule is CC1Oc2cc(C(=O)O)ccc2N(CC(=O)Nc2ccc(C(=O)O)cc2)C1=O. The highest BCUT2D eigenvalue weighted by atomic mass is 16.5. The number of carboxylic acid groups (broad SMARTS) is 2. The van der Waals surface area contributed by atoms with Gasteiger partial charge in [0.05, 0.1) is 16.8 Å². The Labute approximate surface area is 159 Å². The number of hydrogen-bond acceptors (Lipinski definition) is 5. The summed E-state index contributed by atoms with van der Waals surface area (Å²) in [7, 11) is 0. The van der Waals surface area contributed by atoms with Crippen LogP contribution in [0, 0.1) is 0 Å². The van der Waals surface area contributed by atoms with Gasteiger partial charge in [0.25, 0.3) is 5.91 Å². The molecule has 9 nitrogen and oxygen atoms in total. The standard InChI is InChI=1S/C19H16N2O7/c1-10-17(23)21(14-7-4-12(19(26)27)8-15(14)28-10)9-16(22)20-13-5-2-11(3-6-13)18(24)25/h2-8,10H,9H2,1H3,(H,20,22)(H,24,25)(H,26,27). The van der Waals surface area contributed by atoms with Crippen LogP contribution in [0.1, 0.15) is 27.6 Å². The Morgan fingerprint density at radius 1 is 1.04 bits per heavy atom. The molecule has 1 heterocycles. The minimum atomic E-state index is -1.13. The number of benzene rings is 2. The Hall–Kier alpha value is -3.88. The monoisotopic (exact) mass is 384 g/mol. The molecule has 1 aliphatic rings. The zero-order valence-electron chi connectivity index (χ0n) is 14.7. The van der Waals surface area contributed by atoms with E-state index in [9.17, 15) is 19.2 Å². The van der Waals surface area contributed by atoms with Crippen LogP contribution in [0.4, 0.5) is 11.4 Å². The smallest absolute Gasteiger partial charge is 0.335 e. The van der Waals surface area contributed by atoms with Gasteiger partial charge in [0.2, 0.25) is 5.91 Å². The van der Waals surface area contributed by atoms with Gasteiger partial charge in [0.1, 0.15) is 12.3 Å². The number of aromatic carboxylic acids is 2.